The van der Waals surface area contributed by atoms with Gasteiger partial charge in [-0.1, -0.05) is 17.7 Å². The monoisotopic (exact) mass is 325 g/mol. The van der Waals surface area contributed by atoms with Gasteiger partial charge in [0.25, 0.3) is 0 Å². The fraction of sp³-hybridized carbons (Fsp3) is 0.222. The van der Waals surface area contributed by atoms with Crippen LogP contribution in [-0.4, -0.2) is 7.11 Å². The van der Waals surface area contributed by atoms with Crippen molar-refractivity contribution in [3.05, 3.63) is 58.4 Å². The van der Waals surface area contributed by atoms with Crippen LogP contribution >= 0.6 is 11.6 Å². The van der Waals surface area contributed by atoms with Gasteiger partial charge in [0.15, 0.2) is 0 Å². The van der Waals surface area contributed by atoms with Gasteiger partial charge in [0.2, 0.25) is 0 Å². The summed E-state index contributed by atoms with van der Waals surface area (Å²) in [5, 5.41) is 22.4. The number of dihydropyridines is 1. The first kappa shape index (κ1) is 16.7. The number of hydrogen-bond donors (Lipinski definition) is 1. The first-order valence-corrected chi connectivity index (χ1v) is 7.40. The van der Waals surface area contributed by atoms with Crippen LogP contribution in [0.3, 0.4) is 0 Å². The SMILES string of the molecule is COc1ccc(/C(Cl)=C/C2C(C#N)=C(C)NC(C)=C2C#N)cc1. The summed E-state index contributed by atoms with van der Waals surface area (Å²) in [4.78, 5) is 0. The number of nitrogens with zero attached hydrogens (tertiary/aromatic N) is 2. The Bertz CT molecular complexity index is 753. The van der Waals surface area contributed by atoms with Crippen molar-refractivity contribution in [1.29, 1.82) is 10.5 Å². The van der Waals surface area contributed by atoms with Gasteiger partial charge in [0.1, 0.15) is 5.75 Å². The van der Waals surface area contributed by atoms with Crippen molar-refractivity contribution in [2.75, 3.05) is 7.11 Å². The summed E-state index contributed by atoms with van der Waals surface area (Å²) in [5.41, 5.74) is 3.28. The second kappa shape index (κ2) is 7.05. The molecule has 23 heavy (non-hydrogen) atoms. The lowest BCUT2D eigenvalue weighted by Crippen LogP contribution is -2.23. The van der Waals surface area contributed by atoms with E-state index in [1.54, 1.807) is 13.2 Å². The minimum absolute atomic E-state index is 0.444. The van der Waals surface area contributed by atoms with Crippen LogP contribution in [0.15, 0.2) is 52.9 Å². The molecule has 0 bridgehead atoms. The van der Waals surface area contributed by atoms with E-state index < -0.39 is 5.92 Å². The lowest BCUT2D eigenvalue weighted by Gasteiger charge is -2.24. The predicted molar refractivity (Wildman–Crippen MR) is 90.1 cm³/mol. The van der Waals surface area contributed by atoms with Gasteiger partial charge in [-0.05, 0) is 43.7 Å². The summed E-state index contributed by atoms with van der Waals surface area (Å²) in [6, 6.07) is 11.6. The summed E-state index contributed by atoms with van der Waals surface area (Å²) >= 11 is 6.41. The van der Waals surface area contributed by atoms with Gasteiger partial charge in [-0.15, -0.1) is 0 Å². The maximum atomic E-state index is 9.41. The molecule has 0 atom stereocenters. The maximum Gasteiger partial charge on any atom is 0.118 e. The van der Waals surface area contributed by atoms with E-state index in [1.165, 1.54) is 0 Å². The average Bonchev–Trinajstić information content (AvgIpc) is 2.55. The van der Waals surface area contributed by atoms with Crippen LogP contribution in [0.1, 0.15) is 19.4 Å². The van der Waals surface area contributed by atoms with E-state index in [0.717, 1.165) is 22.7 Å². The highest BCUT2D eigenvalue weighted by Gasteiger charge is 2.26. The molecule has 0 unspecified atom stereocenters. The van der Waals surface area contributed by atoms with Gasteiger partial charge >= 0.3 is 0 Å². The maximum absolute atomic E-state index is 9.41. The highest BCUT2D eigenvalue weighted by molar-refractivity contribution is 6.48. The summed E-state index contributed by atoms with van der Waals surface area (Å²) in [7, 11) is 1.60. The van der Waals surface area contributed by atoms with Crippen molar-refractivity contribution in [3.8, 4) is 17.9 Å². The molecule has 0 saturated carbocycles. The molecule has 2 rings (SSSR count). The standard InChI is InChI=1S/C18H16ClN3O/c1-11-16(9-20)15(17(10-21)12(2)22-11)8-18(19)13-4-6-14(23-3)7-5-13/h4-8,15,22H,1-3H3/b18-8-. The first-order chi connectivity index (χ1) is 11.0. The van der Waals surface area contributed by atoms with Crippen LogP contribution in [0.25, 0.3) is 5.03 Å². The zero-order chi connectivity index (χ0) is 17.0. The van der Waals surface area contributed by atoms with Crippen LogP contribution in [0.4, 0.5) is 0 Å². The van der Waals surface area contributed by atoms with Gasteiger partial charge in [-0.2, -0.15) is 10.5 Å². The predicted octanol–water partition coefficient (Wildman–Crippen LogP) is 4.09. The molecule has 0 radical (unpaired) electrons. The summed E-state index contributed by atoms with van der Waals surface area (Å²) in [6.07, 6.45) is 1.74. The minimum Gasteiger partial charge on any atom is -0.497 e. The Hall–Kier alpha value is -2.69. The van der Waals surface area contributed by atoms with E-state index >= 15 is 0 Å². The Morgan fingerprint density at radius 3 is 2.09 bits per heavy atom. The number of nitrogens with one attached hydrogen (secondary N) is 1. The molecule has 1 aliphatic heterocycles. The smallest absolute Gasteiger partial charge is 0.118 e. The third-order valence-corrected chi connectivity index (χ3v) is 4.07. The van der Waals surface area contributed by atoms with E-state index in [9.17, 15) is 10.5 Å². The molecule has 1 N–H and O–H groups in total. The molecule has 1 aromatic carbocycles. The van der Waals surface area contributed by atoms with Gasteiger partial charge in [-0.3, -0.25) is 0 Å². The topological polar surface area (TPSA) is 68.8 Å². The van der Waals surface area contributed by atoms with E-state index in [-0.39, 0.29) is 0 Å². The van der Waals surface area contributed by atoms with Crippen LogP contribution in [0, 0.1) is 28.6 Å². The summed E-state index contributed by atoms with van der Waals surface area (Å²) in [6.45, 7) is 3.64. The fourth-order valence-electron chi connectivity index (χ4n) is 2.49. The molecule has 0 saturated heterocycles. The molecule has 5 heteroatoms. The molecule has 0 aliphatic carbocycles. The van der Waals surface area contributed by atoms with Crippen molar-refractivity contribution in [2.45, 2.75) is 13.8 Å². The Labute approximate surface area is 140 Å². The highest BCUT2D eigenvalue weighted by Crippen LogP contribution is 2.33. The third kappa shape index (κ3) is 3.39. The number of methoxy groups -OCH3 is 1. The van der Waals surface area contributed by atoms with Gasteiger partial charge in [0.05, 0.1) is 36.3 Å². The zero-order valence-electron chi connectivity index (χ0n) is 13.1. The van der Waals surface area contributed by atoms with E-state index in [2.05, 4.69) is 17.5 Å². The Morgan fingerprint density at radius 2 is 1.65 bits per heavy atom. The van der Waals surface area contributed by atoms with E-state index in [1.807, 2.05) is 38.1 Å². The molecule has 0 spiro atoms. The Morgan fingerprint density at radius 1 is 1.13 bits per heavy atom. The van der Waals surface area contributed by atoms with Crippen LogP contribution < -0.4 is 10.1 Å². The number of rotatable bonds is 3. The van der Waals surface area contributed by atoms with Gasteiger partial charge in [-0.25, -0.2) is 0 Å². The minimum atomic E-state index is -0.444. The van der Waals surface area contributed by atoms with Gasteiger partial charge < -0.3 is 10.1 Å². The lowest BCUT2D eigenvalue weighted by atomic mass is 9.86. The first-order valence-electron chi connectivity index (χ1n) is 7.02. The molecular weight excluding hydrogens is 310 g/mol. The number of hydrogen-bond acceptors (Lipinski definition) is 4. The number of benzene rings is 1. The largest absolute Gasteiger partial charge is 0.497 e. The number of ether oxygens (including phenoxy) is 1. The molecule has 4 nitrogen and oxygen atoms in total. The molecule has 1 heterocycles. The molecule has 116 valence electrons. The molecular formula is C18H16ClN3O. The number of halogens is 1. The molecule has 1 aliphatic rings. The quantitative estimate of drug-likeness (QED) is 0.908. The van der Waals surface area contributed by atoms with Crippen molar-refractivity contribution >= 4 is 16.6 Å². The van der Waals surface area contributed by atoms with Crippen molar-refractivity contribution < 1.29 is 4.74 Å². The fourth-order valence-corrected chi connectivity index (χ4v) is 2.74. The highest BCUT2D eigenvalue weighted by atomic mass is 35.5. The number of allylic oxidation sites excluding steroid dienone is 5. The summed E-state index contributed by atoms with van der Waals surface area (Å²) < 4.78 is 5.12. The normalized spacial score (nSPS) is 15.8. The van der Waals surface area contributed by atoms with Crippen molar-refractivity contribution in [1.82, 2.24) is 5.32 Å². The van der Waals surface area contributed by atoms with Crippen molar-refractivity contribution in [3.63, 3.8) is 0 Å². The molecule has 1 aromatic rings. The second-order valence-electron chi connectivity index (χ2n) is 5.15. The Kier molecular flexibility index (Phi) is 5.11. The third-order valence-electron chi connectivity index (χ3n) is 3.72. The van der Waals surface area contributed by atoms with Gasteiger partial charge in [0, 0.05) is 16.4 Å². The molecule has 0 aromatic heterocycles. The van der Waals surface area contributed by atoms with E-state index in [4.69, 9.17) is 16.3 Å². The van der Waals surface area contributed by atoms with Crippen LogP contribution in [0.5, 0.6) is 5.75 Å². The van der Waals surface area contributed by atoms with Crippen LogP contribution in [0.2, 0.25) is 0 Å². The average molecular weight is 326 g/mol. The Balaban J connectivity index is 2.46. The lowest BCUT2D eigenvalue weighted by molar-refractivity contribution is 0.415. The van der Waals surface area contributed by atoms with E-state index in [0.29, 0.717) is 16.2 Å². The number of nitriles is 2. The van der Waals surface area contributed by atoms with Crippen LogP contribution in [-0.2, 0) is 0 Å². The zero-order valence-corrected chi connectivity index (χ0v) is 13.9. The molecule has 0 amide bonds. The second-order valence-corrected chi connectivity index (χ2v) is 5.55. The summed E-state index contributed by atoms with van der Waals surface area (Å²) in [5.74, 6) is 0.294. The molecule has 0 fully saturated rings. The van der Waals surface area contributed by atoms with Crippen molar-refractivity contribution in [2.24, 2.45) is 5.92 Å².